The van der Waals surface area contributed by atoms with Crippen molar-refractivity contribution in [2.75, 3.05) is 13.4 Å². The number of rotatable bonds is 5. The molecule has 0 aliphatic carbocycles. The predicted molar refractivity (Wildman–Crippen MR) is 76.6 cm³/mol. The van der Waals surface area contributed by atoms with Crippen LogP contribution in [0.2, 0.25) is 0 Å². The van der Waals surface area contributed by atoms with E-state index in [1.54, 1.807) is 18.9 Å². The summed E-state index contributed by atoms with van der Waals surface area (Å²) in [6.45, 7) is 2.08. The fourth-order valence-electron chi connectivity index (χ4n) is 1.94. The number of hydrogen-bond donors (Lipinski definition) is 1. The third-order valence-corrected chi connectivity index (χ3v) is 3.80. The average Bonchev–Trinajstić information content (AvgIpc) is 2.95. The molecule has 0 unspecified atom stereocenters. The number of benzene rings is 1. The van der Waals surface area contributed by atoms with Crippen LogP contribution in [0, 0.1) is 0 Å². The number of aromatic carboxylic acids is 1. The second kappa shape index (κ2) is 6.00. The molecule has 0 spiro atoms. The van der Waals surface area contributed by atoms with E-state index in [1.165, 1.54) is 11.6 Å². The molecule has 106 valence electrons. The van der Waals surface area contributed by atoms with Crippen molar-refractivity contribution in [3.05, 3.63) is 29.5 Å². The minimum atomic E-state index is -1.14. The molecule has 6 heteroatoms. The molecule has 1 N–H and O–H groups in total. The van der Waals surface area contributed by atoms with Gasteiger partial charge in [0, 0.05) is 16.5 Å². The first-order valence-corrected chi connectivity index (χ1v) is 7.28. The van der Waals surface area contributed by atoms with E-state index in [4.69, 9.17) is 14.4 Å². The number of aryl methyl sites for hydroxylation is 1. The topological polar surface area (TPSA) is 72.6 Å². The van der Waals surface area contributed by atoms with E-state index in [0.29, 0.717) is 11.4 Å². The Bertz CT molecular complexity index is 636. The smallest absolute Gasteiger partial charge is 0.374 e. The van der Waals surface area contributed by atoms with Crippen molar-refractivity contribution in [2.45, 2.75) is 18.2 Å². The summed E-state index contributed by atoms with van der Waals surface area (Å²) >= 11 is 1.63. The van der Waals surface area contributed by atoms with E-state index in [0.717, 1.165) is 16.9 Å². The van der Waals surface area contributed by atoms with Crippen molar-refractivity contribution < 1.29 is 19.2 Å². The van der Waals surface area contributed by atoms with Crippen molar-refractivity contribution in [3.63, 3.8) is 0 Å². The molecule has 0 aliphatic heterocycles. The molecule has 0 aliphatic rings. The van der Waals surface area contributed by atoms with Crippen LogP contribution in [0.15, 0.2) is 27.6 Å². The molecule has 2 aromatic rings. The highest BCUT2D eigenvalue weighted by molar-refractivity contribution is 7.98. The van der Waals surface area contributed by atoms with Crippen LogP contribution in [0.25, 0.3) is 11.3 Å². The minimum absolute atomic E-state index is 0.188. The number of carboxylic acid groups (broad SMARTS) is 1. The lowest BCUT2D eigenvalue weighted by molar-refractivity contribution is 0.0652. The maximum absolute atomic E-state index is 10.9. The van der Waals surface area contributed by atoms with Gasteiger partial charge in [-0.3, -0.25) is 0 Å². The minimum Gasteiger partial charge on any atom is -0.496 e. The SMILES string of the molecule is CCc1cc(OC)c(-c2cc(C(=O)O)on2)cc1SC. The van der Waals surface area contributed by atoms with Gasteiger partial charge in [-0.2, -0.15) is 0 Å². The van der Waals surface area contributed by atoms with Crippen LogP contribution < -0.4 is 4.74 Å². The Labute approximate surface area is 120 Å². The first kappa shape index (κ1) is 14.5. The molecule has 0 saturated heterocycles. The summed E-state index contributed by atoms with van der Waals surface area (Å²) in [6.07, 6.45) is 2.89. The number of carbonyl (C=O) groups is 1. The van der Waals surface area contributed by atoms with Crippen molar-refractivity contribution in [1.82, 2.24) is 5.16 Å². The van der Waals surface area contributed by atoms with Gasteiger partial charge in [0.05, 0.1) is 7.11 Å². The zero-order chi connectivity index (χ0) is 14.7. The van der Waals surface area contributed by atoms with E-state index in [9.17, 15) is 4.79 Å². The molecule has 0 atom stereocenters. The van der Waals surface area contributed by atoms with E-state index in [-0.39, 0.29) is 5.76 Å². The number of carboxylic acids is 1. The molecule has 5 nitrogen and oxygen atoms in total. The summed E-state index contributed by atoms with van der Waals surface area (Å²) in [6, 6.07) is 5.30. The van der Waals surface area contributed by atoms with Crippen molar-refractivity contribution in [1.29, 1.82) is 0 Å². The second-order valence-electron chi connectivity index (χ2n) is 4.10. The Morgan fingerprint density at radius 3 is 2.70 bits per heavy atom. The summed E-state index contributed by atoms with van der Waals surface area (Å²) < 4.78 is 10.2. The van der Waals surface area contributed by atoms with Gasteiger partial charge in [0.25, 0.3) is 0 Å². The molecular weight excluding hydrogens is 278 g/mol. The molecule has 2 rings (SSSR count). The maximum atomic E-state index is 10.9. The normalized spacial score (nSPS) is 10.6. The summed E-state index contributed by atoms with van der Waals surface area (Å²) in [5, 5.41) is 12.7. The lowest BCUT2D eigenvalue weighted by Crippen LogP contribution is -1.94. The standard InChI is InChI=1S/C14H15NO4S/c1-4-8-5-11(18-2)9(6-13(8)20-3)10-7-12(14(16)17)19-15-10/h5-7H,4H2,1-3H3,(H,16,17). The number of thioether (sulfide) groups is 1. The van der Waals surface area contributed by atoms with Crippen LogP contribution in [0.4, 0.5) is 0 Å². The second-order valence-corrected chi connectivity index (χ2v) is 4.95. The van der Waals surface area contributed by atoms with Crippen molar-refractivity contribution >= 4 is 17.7 Å². The first-order chi connectivity index (χ1) is 9.60. The molecule has 0 radical (unpaired) electrons. The molecule has 1 aromatic heterocycles. The molecule has 20 heavy (non-hydrogen) atoms. The number of aromatic nitrogens is 1. The lowest BCUT2D eigenvalue weighted by Gasteiger charge is -2.12. The van der Waals surface area contributed by atoms with Gasteiger partial charge in [-0.15, -0.1) is 11.8 Å². The van der Waals surface area contributed by atoms with Crippen molar-refractivity contribution in [2.24, 2.45) is 0 Å². The Morgan fingerprint density at radius 1 is 1.45 bits per heavy atom. The third-order valence-electron chi connectivity index (χ3n) is 2.98. The number of methoxy groups -OCH3 is 1. The molecule has 1 heterocycles. The zero-order valence-electron chi connectivity index (χ0n) is 11.5. The molecular formula is C14H15NO4S. The Balaban J connectivity index is 2.56. The average molecular weight is 293 g/mol. The van der Waals surface area contributed by atoms with Gasteiger partial charge < -0.3 is 14.4 Å². The van der Waals surface area contributed by atoms with Crippen LogP contribution in [0.5, 0.6) is 5.75 Å². The van der Waals surface area contributed by atoms with Gasteiger partial charge in [-0.05, 0) is 30.4 Å². The van der Waals surface area contributed by atoms with Gasteiger partial charge >= 0.3 is 5.97 Å². The monoisotopic (exact) mass is 293 g/mol. The Kier molecular flexibility index (Phi) is 4.34. The first-order valence-electron chi connectivity index (χ1n) is 6.06. The number of nitrogens with zero attached hydrogens (tertiary/aromatic N) is 1. The van der Waals surface area contributed by atoms with Crippen LogP contribution >= 0.6 is 11.8 Å². The lowest BCUT2D eigenvalue weighted by atomic mass is 10.1. The Hall–Kier alpha value is -1.95. The van der Waals surface area contributed by atoms with E-state index < -0.39 is 5.97 Å². The van der Waals surface area contributed by atoms with Crippen LogP contribution in [0.1, 0.15) is 23.0 Å². The molecule has 1 aromatic carbocycles. The highest BCUT2D eigenvalue weighted by Gasteiger charge is 2.17. The number of hydrogen-bond acceptors (Lipinski definition) is 5. The molecule has 0 amide bonds. The summed E-state index contributed by atoms with van der Waals surface area (Å²) in [5.74, 6) is -0.671. The van der Waals surface area contributed by atoms with E-state index >= 15 is 0 Å². The largest absolute Gasteiger partial charge is 0.496 e. The fraction of sp³-hybridized carbons (Fsp3) is 0.286. The Morgan fingerprint density at radius 2 is 2.20 bits per heavy atom. The summed E-state index contributed by atoms with van der Waals surface area (Å²) in [4.78, 5) is 12.0. The van der Waals surface area contributed by atoms with Gasteiger partial charge in [0.15, 0.2) is 0 Å². The highest BCUT2D eigenvalue weighted by atomic mass is 32.2. The van der Waals surface area contributed by atoms with Gasteiger partial charge in [0.2, 0.25) is 5.76 Å². The van der Waals surface area contributed by atoms with Crippen LogP contribution in [0.3, 0.4) is 0 Å². The fourth-order valence-corrected chi connectivity index (χ4v) is 2.64. The zero-order valence-corrected chi connectivity index (χ0v) is 12.3. The predicted octanol–water partition coefficient (Wildman–Crippen LogP) is 3.33. The quantitative estimate of drug-likeness (QED) is 0.852. The maximum Gasteiger partial charge on any atom is 0.374 e. The highest BCUT2D eigenvalue weighted by Crippen LogP contribution is 2.36. The van der Waals surface area contributed by atoms with Gasteiger partial charge in [-0.1, -0.05) is 12.1 Å². The van der Waals surface area contributed by atoms with E-state index in [2.05, 4.69) is 12.1 Å². The molecule has 0 fully saturated rings. The van der Waals surface area contributed by atoms with Gasteiger partial charge in [0.1, 0.15) is 11.4 Å². The summed E-state index contributed by atoms with van der Waals surface area (Å²) in [7, 11) is 1.58. The van der Waals surface area contributed by atoms with Gasteiger partial charge in [-0.25, -0.2) is 4.79 Å². The van der Waals surface area contributed by atoms with E-state index in [1.807, 2.05) is 18.4 Å². The summed E-state index contributed by atoms with van der Waals surface area (Å²) in [5.41, 5.74) is 2.36. The molecule has 0 saturated carbocycles. The third kappa shape index (κ3) is 2.65. The number of ether oxygens (including phenoxy) is 1. The van der Waals surface area contributed by atoms with Crippen LogP contribution in [-0.2, 0) is 6.42 Å². The van der Waals surface area contributed by atoms with Crippen LogP contribution in [-0.4, -0.2) is 29.6 Å². The van der Waals surface area contributed by atoms with Crippen molar-refractivity contribution in [3.8, 4) is 17.0 Å². The molecule has 0 bridgehead atoms.